The fourth-order valence-corrected chi connectivity index (χ4v) is 2.82. The summed E-state index contributed by atoms with van der Waals surface area (Å²) in [5.41, 5.74) is 7.48. The lowest BCUT2D eigenvalue weighted by molar-refractivity contribution is 0.380. The van der Waals surface area contributed by atoms with E-state index in [-0.39, 0.29) is 17.9 Å². The van der Waals surface area contributed by atoms with E-state index in [0.717, 1.165) is 30.5 Å². The second kappa shape index (κ2) is 7.17. The predicted octanol–water partition coefficient (Wildman–Crippen LogP) is 3.47. The number of thiocarbonyl (C=S) groups is 1. The van der Waals surface area contributed by atoms with Crippen LogP contribution in [-0.2, 0) is 6.42 Å². The van der Waals surface area contributed by atoms with Gasteiger partial charge in [0.1, 0.15) is 0 Å². The summed E-state index contributed by atoms with van der Waals surface area (Å²) in [6, 6.07) is 4.07. The maximum absolute atomic E-state index is 6.41. The summed E-state index contributed by atoms with van der Waals surface area (Å²) in [6.45, 7) is 0. The summed E-state index contributed by atoms with van der Waals surface area (Å²) >= 11 is 5.54. The van der Waals surface area contributed by atoms with Crippen molar-refractivity contribution >= 4 is 29.5 Å². The first-order valence-electron chi connectivity index (χ1n) is 6.42. The molecular formula is C14H21ClN2S. The minimum absolute atomic E-state index is 0. The third kappa shape index (κ3) is 4.01. The Morgan fingerprint density at radius 2 is 2.06 bits per heavy atom. The molecule has 0 aliphatic heterocycles. The average molecular weight is 285 g/mol. The molecule has 2 N–H and O–H groups in total. The largest absolute Gasteiger partial charge is 0.321 e. The zero-order valence-electron chi connectivity index (χ0n) is 10.6. The zero-order chi connectivity index (χ0) is 12.1. The van der Waals surface area contributed by atoms with Gasteiger partial charge in [0.25, 0.3) is 0 Å². The van der Waals surface area contributed by atoms with Crippen molar-refractivity contribution in [2.45, 2.75) is 50.5 Å². The summed E-state index contributed by atoms with van der Waals surface area (Å²) in [5.74, 6) is 0. The van der Waals surface area contributed by atoms with Gasteiger partial charge >= 0.3 is 0 Å². The summed E-state index contributed by atoms with van der Waals surface area (Å²) < 4.78 is 0. The second-order valence-corrected chi connectivity index (χ2v) is 5.49. The third-order valence-corrected chi connectivity index (χ3v) is 4.28. The Kier molecular flexibility index (Phi) is 6.19. The van der Waals surface area contributed by atoms with E-state index >= 15 is 0 Å². The lowest BCUT2D eigenvalue weighted by Crippen LogP contribution is -2.48. The van der Waals surface area contributed by atoms with E-state index in [1.54, 1.807) is 6.20 Å². The maximum atomic E-state index is 6.41. The molecule has 0 aromatic carbocycles. The van der Waals surface area contributed by atoms with Gasteiger partial charge in [0.05, 0.1) is 0 Å². The van der Waals surface area contributed by atoms with Crippen molar-refractivity contribution in [3.8, 4) is 0 Å². The van der Waals surface area contributed by atoms with E-state index in [4.69, 9.17) is 18.0 Å². The van der Waals surface area contributed by atoms with Crippen LogP contribution in [0.2, 0.25) is 0 Å². The summed E-state index contributed by atoms with van der Waals surface area (Å²) in [7, 11) is 0. The van der Waals surface area contributed by atoms with Crippen LogP contribution >= 0.6 is 24.6 Å². The van der Waals surface area contributed by atoms with Gasteiger partial charge in [-0.15, -0.1) is 12.4 Å². The molecule has 0 bridgehead atoms. The van der Waals surface area contributed by atoms with Crippen LogP contribution in [0.4, 0.5) is 0 Å². The molecule has 0 spiro atoms. The Hall–Kier alpha value is -0.510. The van der Waals surface area contributed by atoms with Crippen LogP contribution in [0.15, 0.2) is 24.5 Å². The first kappa shape index (κ1) is 15.5. The highest BCUT2D eigenvalue weighted by molar-refractivity contribution is 7.80. The van der Waals surface area contributed by atoms with Crippen LogP contribution in [0.5, 0.6) is 0 Å². The highest BCUT2D eigenvalue weighted by Crippen LogP contribution is 2.28. The first-order valence-corrected chi connectivity index (χ1v) is 6.83. The Balaban J connectivity index is 0.00000162. The number of halogens is 1. The molecule has 2 nitrogen and oxygen atoms in total. The second-order valence-electron chi connectivity index (χ2n) is 5.00. The van der Waals surface area contributed by atoms with Crippen LogP contribution < -0.4 is 5.73 Å². The molecule has 0 atom stereocenters. The van der Waals surface area contributed by atoms with Crippen LogP contribution in [0.3, 0.4) is 0 Å². The molecule has 4 heteroatoms. The molecule has 0 saturated heterocycles. The molecule has 0 radical (unpaired) electrons. The third-order valence-electron chi connectivity index (χ3n) is 3.66. The first-order chi connectivity index (χ1) is 8.21. The highest BCUT2D eigenvalue weighted by atomic mass is 35.5. The molecule has 1 fully saturated rings. The fraction of sp³-hybridized carbons (Fsp3) is 0.571. The van der Waals surface area contributed by atoms with Gasteiger partial charge in [-0.05, 0) is 37.3 Å². The smallest absolute Gasteiger partial charge is 0.0473 e. The normalized spacial score (nSPS) is 17.8. The van der Waals surface area contributed by atoms with Crippen LogP contribution in [-0.4, -0.2) is 15.4 Å². The zero-order valence-corrected chi connectivity index (χ0v) is 12.2. The van der Waals surface area contributed by atoms with E-state index in [2.05, 4.69) is 11.1 Å². The predicted molar refractivity (Wildman–Crippen MR) is 82.4 cm³/mol. The maximum Gasteiger partial charge on any atom is 0.0473 e. The molecule has 100 valence electrons. The molecule has 0 amide bonds. The van der Waals surface area contributed by atoms with E-state index in [1.165, 1.54) is 24.8 Å². The Labute approximate surface area is 121 Å². The molecule has 1 saturated carbocycles. The molecule has 1 aromatic heterocycles. The fourth-order valence-electron chi connectivity index (χ4n) is 2.51. The number of aromatic nitrogens is 1. The minimum Gasteiger partial charge on any atom is -0.321 e. The molecule has 1 aliphatic rings. The number of hydrogen-bond donors (Lipinski definition) is 1. The Morgan fingerprint density at radius 3 is 2.67 bits per heavy atom. The molecule has 1 heterocycles. The van der Waals surface area contributed by atoms with Gasteiger partial charge in [-0.3, -0.25) is 4.98 Å². The monoisotopic (exact) mass is 284 g/mol. The van der Waals surface area contributed by atoms with Crippen molar-refractivity contribution < 1.29 is 0 Å². The van der Waals surface area contributed by atoms with Crippen LogP contribution in [0, 0.1) is 0 Å². The van der Waals surface area contributed by atoms with E-state index in [9.17, 15) is 0 Å². The van der Waals surface area contributed by atoms with Crippen molar-refractivity contribution in [3.63, 3.8) is 0 Å². The average Bonchev–Trinajstić information content (AvgIpc) is 2.38. The van der Waals surface area contributed by atoms with Crippen molar-refractivity contribution in [1.82, 2.24) is 4.98 Å². The van der Waals surface area contributed by atoms with Gasteiger partial charge in [0, 0.05) is 22.8 Å². The van der Waals surface area contributed by atoms with Gasteiger partial charge in [-0.25, -0.2) is 0 Å². The SMILES string of the molecule is Cl.NC1(C(=S)CCc2cccnc2)CCCCC1. The van der Waals surface area contributed by atoms with Crippen molar-refractivity contribution in [2.75, 3.05) is 0 Å². The number of rotatable bonds is 4. The van der Waals surface area contributed by atoms with Gasteiger partial charge in [-0.2, -0.15) is 0 Å². The number of nitrogens with zero attached hydrogens (tertiary/aromatic N) is 1. The lowest BCUT2D eigenvalue weighted by Gasteiger charge is -2.34. The quantitative estimate of drug-likeness (QED) is 0.861. The van der Waals surface area contributed by atoms with Gasteiger partial charge < -0.3 is 5.73 Å². The van der Waals surface area contributed by atoms with E-state index in [1.807, 2.05) is 12.3 Å². The molecule has 1 aromatic rings. The lowest BCUT2D eigenvalue weighted by atomic mass is 9.79. The summed E-state index contributed by atoms with van der Waals surface area (Å²) in [4.78, 5) is 5.17. The van der Waals surface area contributed by atoms with Crippen LogP contribution in [0.25, 0.3) is 0 Å². The number of nitrogens with two attached hydrogens (primary N) is 1. The standard InChI is InChI=1S/C14H20N2S.ClH/c15-14(8-2-1-3-9-14)13(17)7-6-12-5-4-10-16-11-12;/h4-5,10-11H,1-3,6-9,15H2;1H. The Bertz CT molecular complexity index is 375. The number of aryl methyl sites for hydroxylation is 1. The van der Waals surface area contributed by atoms with Gasteiger partial charge in [0.2, 0.25) is 0 Å². The van der Waals surface area contributed by atoms with E-state index < -0.39 is 0 Å². The van der Waals surface area contributed by atoms with Crippen LogP contribution in [0.1, 0.15) is 44.1 Å². The highest BCUT2D eigenvalue weighted by Gasteiger charge is 2.31. The summed E-state index contributed by atoms with van der Waals surface area (Å²) in [5, 5.41) is 0. The molecule has 2 rings (SSSR count). The number of hydrogen-bond acceptors (Lipinski definition) is 3. The summed E-state index contributed by atoms with van der Waals surface area (Å²) in [6.07, 6.45) is 11.5. The van der Waals surface area contributed by atoms with E-state index in [0.29, 0.717) is 0 Å². The molecule has 1 aliphatic carbocycles. The van der Waals surface area contributed by atoms with Crippen molar-refractivity contribution in [1.29, 1.82) is 0 Å². The minimum atomic E-state index is -0.171. The molecule has 18 heavy (non-hydrogen) atoms. The van der Waals surface area contributed by atoms with Gasteiger partial charge in [0.15, 0.2) is 0 Å². The topological polar surface area (TPSA) is 38.9 Å². The molecular weight excluding hydrogens is 264 g/mol. The molecule has 0 unspecified atom stereocenters. The van der Waals surface area contributed by atoms with Crippen molar-refractivity contribution in [2.24, 2.45) is 5.73 Å². The van der Waals surface area contributed by atoms with Gasteiger partial charge in [-0.1, -0.05) is 37.5 Å². The Morgan fingerprint density at radius 1 is 1.33 bits per heavy atom. The number of pyridine rings is 1. The van der Waals surface area contributed by atoms with Crippen molar-refractivity contribution in [3.05, 3.63) is 30.1 Å².